The van der Waals surface area contributed by atoms with Crippen LogP contribution in [0.3, 0.4) is 0 Å². The molecule has 0 amide bonds. The predicted molar refractivity (Wildman–Crippen MR) is 82.7 cm³/mol. The molecule has 2 N–H and O–H groups in total. The van der Waals surface area contributed by atoms with Gasteiger partial charge in [-0.1, -0.05) is 29.3 Å². The van der Waals surface area contributed by atoms with Gasteiger partial charge >= 0.3 is 0 Å². The van der Waals surface area contributed by atoms with E-state index in [1.54, 1.807) is 24.3 Å². The van der Waals surface area contributed by atoms with E-state index in [0.29, 0.717) is 15.8 Å². The molecule has 1 aromatic rings. The third-order valence-electron chi connectivity index (χ3n) is 2.87. The van der Waals surface area contributed by atoms with Crippen LogP contribution in [0.15, 0.2) is 29.7 Å². The molecule has 116 valence electrons. The van der Waals surface area contributed by atoms with Crippen molar-refractivity contribution in [2.24, 2.45) is 0 Å². The Morgan fingerprint density at radius 2 is 2.19 bits per heavy atom. The van der Waals surface area contributed by atoms with Gasteiger partial charge in [0.05, 0.1) is 10.8 Å². The number of halogens is 2. The molecule has 0 bridgehead atoms. The molecule has 1 aliphatic rings. The van der Waals surface area contributed by atoms with Crippen LogP contribution in [-0.4, -0.2) is 44.6 Å². The summed E-state index contributed by atoms with van der Waals surface area (Å²) < 4.78 is 27.8. The van der Waals surface area contributed by atoms with Crippen molar-refractivity contribution in [3.63, 3.8) is 0 Å². The van der Waals surface area contributed by atoms with Crippen LogP contribution in [0, 0.1) is 0 Å². The Balaban J connectivity index is 1.76. The lowest BCUT2D eigenvalue weighted by Crippen LogP contribution is -2.38. The first-order valence-electron chi connectivity index (χ1n) is 6.26. The number of benzene rings is 1. The summed E-state index contributed by atoms with van der Waals surface area (Å²) in [6, 6.07) is 4.54. The molecule has 21 heavy (non-hydrogen) atoms. The Hall–Kier alpha value is -0.790. The fraction of sp³-hybridized carbons (Fsp3) is 0.385. The van der Waals surface area contributed by atoms with E-state index in [1.165, 1.54) is 5.41 Å². The Morgan fingerprint density at radius 3 is 2.86 bits per heavy atom. The van der Waals surface area contributed by atoms with Gasteiger partial charge in [-0.15, -0.1) is 0 Å². The second-order valence-corrected chi connectivity index (χ2v) is 7.49. The second kappa shape index (κ2) is 6.98. The van der Waals surface area contributed by atoms with E-state index in [1.807, 2.05) is 0 Å². The number of rotatable bonds is 6. The monoisotopic (exact) mass is 351 g/mol. The van der Waals surface area contributed by atoms with Crippen LogP contribution < -0.4 is 10.1 Å². The predicted octanol–water partition coefficient (Wildman–Crippen LogP) is 1.63. The summed E-state index contributed by atoms with van der Waals surface area (Å²) in [6.45, 7) is 0.235. The Bertz CT molecular complexity index is 633. The van der Waals surface area contributed by atoms with Gasteiger partial charge in [0, 0.05) is 29.1 Å². The molecule has 0 saturated heterocycles. The first kappa shape index (κ1) is 16.6. The summed E-state index contributed by atoms with van der Waals surface area (Å²) in [5.74, 6) is 0.410. The van der Waals surface area contributed by atoms with E-state index in [2.05, 4.69) is 5.32 Å². The minimum atomic E-state index is -3.10. The van der Waals surface area contributed by atoms with Crippen molar-refractivity contribution in [2.75, 3.05) is 18.9 Å². The quantitative estimate of drug-likeness (QED) is 0.814. The third-order valence-corrected chi connectivity index (χ3v) is 4.81. The van der Waals surface area contributed by atoms with Gasteiger partial charge in [0.15, 0.2) is 9.84 Å². The second-order valence-electron chi connectivity index (χ2n) is 4.71. The summed E-state index contributed by atoms with van der Waals surface area (Å²) in [6.07, 6.45) is 0.772. The summed E-state index contributed by atoms with van der Waals surface area (Å²) >= 11 is 11.8. The van der Waals surface area contributed by atoms with Crippen molar-refractivity contribution >= 4 is 33.0 Å². The van der Waals surface area contributed by atoms with Gasteiger partial charge in [-0.2, -0.15) is 0 Å². The Morgan fingerprint density at radius 1 is 1.43 bits per heavy atom. The molecule has 1 aliphatic heterocycles. The largest absolute Gasteiger partial charge is 0.489 e. The van der Waals surface area contributed by atoms with E-state index < -0.39 is 15.9 Å². The van der Waals surface area contributed by atoms with Crippen molar-refractivity contribution in [1.82, 2.24) is 5.32 Å². The van der Waals surface area contributed by atoms with Crippen LogP contribution in [-0.2, 0) is 9.84 Å². The molecule has 1 heterocycles. The third kappa shape index (κ3) is 5.16. The lowest BCUT2D eigenvalue weighted by atomic mass is 10.3. The highest BCUT2D eigenvalue weighted by atomic mass is 35.5. The van der Waals surface area contributed by atoms with Crippen molar-refractivity contribution in [1.29, 1.82) is 0 Å². The number of nitrogens with one attached hydrogen (secondary N) is 1. The number of ether oxygens (including phenoxy) is 1. The van der Waals surface area contributed by atoms with Gasteiger partial charge in [0.2, 0.25) is 0 Å². The summed E-state index contributed by atoms with van der Waals surface area (Å²) in [7, 11) is -3.10. The Kier molecular flexibility index (Phi) is 5.51. The van der Waals surface area contributed by atoms with Crippen LogP contribution in [0.4, 0.5) is 0 Å². The fourth-order valence-electron chi connectivity index (χ4n) is 1.82. The van der Waals surface area contributed by atoms with Crippen LogP contribution in [0.5, 0.6) is 5.75 Å². The zero-order valence-electron chi connectivity index (χ0n) is 11.0. The average Bonchev–Trinajstić information content (AvgIpc) is 2.77. The van der Waals surface area contributed by atoms with Crippen LogP contribution in [0.25, 0.3) is 0 Å². The highest BCUT2D eigenvalue weighted by molar-refractivity contribution is 7.94. The molecule has 0 fully saturated rings. The molecular weight excluding hydrogens is 337 g/mol. The molecule has 2 atom stereocenters. The van der Waals surface area contributed by atoms with Gasteiger partial charge < -0.3 is 15.2 Å². The SMILES string of the molecule is O=S1(=O)C=CC(NCC(O)COc2cc(Cl)ccc2Cl)C1. The molecule has 0 aromatic heterocycles. The molecule has 0 aliphatic carbocycles. The first-order chi connectivity index (χ1) is 9.85. The van der Waals surface area contributed by atoms with E-state index >= 15 is 0 Å². The minimum absolute atomic E-state index is 0.0146. The molecular formula is C13H15Cl2NO4S. The zero-order chi connectivity index (χ0) is 15.5. The maximum absolute atomic E-state index is 11.2. The molecule has 0 radical (unpaired) electrons. The number of hydrogen-bond donors (Lipinski definition) is 2. The van der Waals surface area contributed by atoms with Gasteiger partial charge in [0.25, 0.3) is 0 Å². The molecule has 2 rings (SSSR count). The molecule has 2 unspecified atom stereocenters. The zero-order valence-corrected chi connectivity index (χ0v) is 13.3. The van der Waals surface area contributed by atoms with Crippen molar-refractivity contribution in [3.8, 4) is 5.75 Å². The summed E-state index contributed by atoms with van der Waals surface area (Å²) in [4.78, 5) is 0. The smallest absolute Gasteiger partial charge is 0.173 e. The van der Waals surface area contributed by atoms with E-state index in [-0.39, 0.29) is 24.9 Å². The van der Waals surface area contributed by atoms with Gasteiger partial charge in [-0.05, 0) is 12.1 Å². The van der Waals surface area contributed by atoms with Crippen LogP contribution in [0.2, 0.25) is 10.0 Å². The molecule has 8 heteroatoms. The summed E-state index contributed by atoms with van der Waals surface area (Å²) in [5, 5.41) is 14.8. The lowest BCUT2D eigenvalue weighted by Gasteiger charge is -2.16. The normalized spacial score (nSPS) is 21.4. The highest BCUT2D eigenvalue weighted by Gasteiger charge is 2.21. The molecule has 0 spiro atoms. The summed E-state index contributed by atoms with van der Waals surface area (Å²) in [5.41, 5.74) is 0. The topological polar surface area (TPSA) is 75.6 Å². The highest BCUT2D eigenvalue weighted by Crippen LogP contribution is 2.27. The standard InChI is InChI=1S/C13H15Cl2NO4S/c14-9-1-2-12(15)13(5-9)20-7-11(17)6-16-10-3-4-21(18,19)8-10/h1-5,10-11,16-17H,6-8H2. The van der Waals surface area contributed by atoms with Crippen molar-refractivity contribution in [3.05, 3.63) is 39.7 Å². The average molecular weight is 352 g/mol. The van der Waals surface area contributed by atoms with Gasteiger partial charge in [-0.3, -0.25) is 0 Å². The number of hydrogen-bond acceptors (Lipinski definition) is 5. The van der Waals surface area contributed by atoms with Gasteiger partial charge in [0.1, 0.15) is 18.5 Å². The van der Waals surface area contributed by atoms with Crippen LogP contribution in [0.1, 0.15) is 0 Å². The maximum Gasteiger partial charge on any atom is 0.173 e. The number of sulfone groups is 1. The lowest BCUT2D eigenvalue weighted by molar-refractivity contribution is 0.105. The fourth-order valence-corrected chi connectivity index (χ4v) is 3.43. The number of aliphatic hydroxyl groups excluding tert-OH is 1. The van der Waals surface area contributed by atoms with E-state index in [9.17, 15) is 13.5 Å². The minimum Gasteiger partial charge on any atom is -0.489 e. The van der Waals surface area contributed by atoms with E-state index in [0.717, 1.165) is 0 Å². The maximum atomic E-state index is 11.2. The van der Waals surface area contributed by atoms with Crippen LogP contribution >= 0.6 is 23.2 Å². The van der Waals surface area contributed by atoms with Crippen molar-refractivity contribution in [2.45, 2.75) is 12.1 Å². The molecule has 5 nitrogen and oxygen atoms in total. The van der Waals surface area contributed by atoms with Crippen molar-refractivity contribution < 1.29 is 18.3 Å². The molecule has 0 saturated carbocycles. The Labute approximate surface area is 133 Å². The van der Waals surface area contributed by atoms with Gasteiger partial charge in [-0.25, -0.2) is 8.42 Å². The first-order valence-corrected chi connectivity index (χ1v) is 8.73. The van der Waals surface area contributed by atoms with E-state index in [4.69, 9.17) is 27.9 Å². The molecule has 1 aromatic carbocycles. The number of aliphatic hydroxyl groups is 1.